The molecule has 4 atom stereocenters. The molecule has 0 radical (unpaired) electrons. The molecule has 0 saturated carbocycles. The lowest BCUT2D eigenvalue weighted by Gasteiger charge is -2.24. The number of nitrogen functional groups attached to an aromatic ring is 1. The highest BCUT2D eigenvalue weighted by Gasteiger charge is 2.35. The highest BCUT2D eigenvalue weighted by atomic mass is 79.9. The summed E-state index contributed by atoms with van der Waals surface area (Å²) in [7, 11) is -2.72. The van der Waals surface area contributed by atoms with Gasteiger partial charge in [-0.05, 0) is 44.0 Å². The van der Waals surface area contributed by atoms with Crippen LogP contribution in [0.1, 0.15) is 26.0 Å². The Balaban J connectivity index is 1.44. The van der Waals surface area contributed by atoms with Gasteiger partial charge in [-0.3, -0.25) is 13.9 Å². The van der Waals surface area contributed by atoms with Gasteiger partial charge in [0.15, 0.2) is 11.5 Å². The first kappa shape index (κ1) is 24.6. The Morgan fingerprint density at radius 3 is 2.82 bits per heavy atom. The van der Waals surface area contributed by atoms with E-state index in [1.54, 1.807) is 35.2 Å². The van der Waals surface area contributed by atoms with Gasteiger partial charge >= 0.3 is 13.7 Å². The number of nitrogens with two attached hydrogens (primary N) is 1. The fraction of sp³-hybridized carbons (Fsp3) is 0.400. The van der Waals surface area contributed by atoms with Crippen LogP contribution in [0, 0.1) is 0 Å². The number of hydrogen-bond acceptors (Lipinski definition) is 10. The monoisotopic (exact) mass is 554 g/mol. The van der Waals surface area contributed by atoms with Gasteiger partial charge in [-0.25, -0.2) is 19.5 Å². The summed E-state index contributed by atoms with van der Waals surface area (Å²) < 4.78 is 38.2. The van der Waals surface area contributed by atoms with Crippen LogP contribution in [-0.2, 0) is 23.4 Å². The van der Waals surface area contributed by atoms with E-state index in [0.29, 0.717) is 35.6 Å². The van der Waals surface area contributed by atoms with E-state index in [9.17, 15) is 9.36 Å². The standard InChI is InChI=1S/C20H24BrN6O6P/c1-12(20(28)30-2)26-34(29,33-14-5-3-13(21)4-6-14)31-9-15-7-8-16(32-15)27-11-25-17-18(22)23-10-24-19(17)27/h3-6,10-12,15-16H,7-9H2,1-2H3,(H,26,29)(H2,22,23,24)/t12?,15-,16+,34?/m0/s1. The minimum absolute atomic E-state index is 0.0328. The van der Waals surface area contributed by atoms with Crippen molar-refractivity contribution in [3.8, 4) is 5.75 Å². The number of anilines is 1. The fourth-order valence-electron chi connectivity index (χ4n) is 3.47. The molecule has 1 aromatic carbocycles. The van der Waals surface area contributed by atoms with E-state index in [1.165, 1.54) is 20.4 Å². The van der Waals surface area contributed by atoms with Crippen LogP contribution in [0.3, 0.4) is 0 Å². The number of nitrogens with one attached hydrogen (secondary N) is 1. The summed E-state index contributed by atoms with van der Waals surface area (Å²) in [5.41, 5.74) is 6.92. The molecule has 12 nitrogen and oxygen atoms in total. The average Bonchev–Trinajstić information content (AvgIpc) is 3.46. The van der Waals surface area contributed by atoms with Crippen LogP contribution in [0.25, 0.3) is 11.2 Å². The summed E-state index contributed by atoms with van der Waals surface area (Å²) in [6.45, 7) is 1.47. The van der Waals surface area contributed by atoms with Crippen LogP contribution in [0.15, 0.2) is 41.4 Å². The van der Waals surface area contributed by atoms with E-state index in [1.807, 2.05) is 0 Å². The van der Waals surface area contributed by atoms with Gasteiger partial charge in [0.1, 0.15) is 29.9 Å². The third kappa shape index (κ3) is 5.56. The number of benzene rings is 1. The molecule has 3 aromatic rings. The molecule has 1 aliphatic rings. The van der Waals surface area contributed by atoms with E-state index >= 15 is 0 Å². The summed E-state index contributed by atoms with van der Waals surface area (Å²) in [5, 5.41) is 2.62. The first-order valence-electron chi connectivity index (χ1n) is 10.4. The molecular weight excluding hydrogens is 531 g/mol. The van der Waals surface area contributed by atoms with E-state index in [4.69, 9.17) is 24.3 Å². The van der Waals surface area contributed by atoms with Crippen LogP contribution in [0.2, 0.25) is 0 Å². The van der Waals surface area contributed by atoms with Crippen molar-refractivity contribution in [2.45, 2.75) is 38.1 Å². The molecular formula is C20H24BrN6O6P. The molecule has 2 unspecified atom stereocenters. The number of imidazole rings is 1. The zero-order valence-corrected chi connectivity index (χ0v) is 20.9. The number of halogens is 1. The molecule has 34 heavy (non-hydrogen) atoms. The van der Waals surface area contributed by atoms with Crippen LogP contribution < -0.4 is 15.3 Å². The number of rotatable bonds is 9. The maximum atomic E-state index is 13.5. The van der Waals surface area contributed by atoms with Gasteiger partial charge in [-0.2, -0.15) is 5.09 Å². The highest BCUT2D eigenvalue weighted by Crippen LogP contribution is 2.46. The second-order valence-corrected chi connectivity index (χ2v) is 10.2. The Hall–Kier alpha value is -2.57. The van der Waals surface area contributed by atoms with Crippen molar-refractivity contribution >= 4 is 46.6 Å². The summed E-state index contributed by atoms with van der Waals surface area (Å²) in [5.74, 6) is -0.00408. The summed E-state index contributed by atoms with van der Waals surface area (Å²) in [6.07, 6.45) is 3.54. The lowest BCUT2D eigenvalue weighted by Crippen LogP contribution is -2.35. The largest absolute Gasteiger partial charge is 0.468 e. The van der Waals surface area contributed by atoms with E-state index in [0.717, 1.165) is 4.47 Å². The minimum atomic E-state index is -3.96. The van der Waals surface area contributed by atoms with Crippen molar-refractivity contribution in [2.75, 3.05) is 19.5 Å². The summed E-state index contributed by atoms with van der Waals surface area (Å²) >= 11 is 3.34. The zero-order chi connectivity index (χ0) is 24.3. The average molecular weight is 555 g/mol. The predicted molar refractivity (Wildman–Crippen MR) is 126 cm³/mol. The minimum Gasteiger partial charge on any atom is -0.468 e. The first-order valence-corrected chi connectivity index (χ1v) is 12.8. The van der Waals surface area contributed by atoms with Gasteiger partial charge in [0.25, 0.3) is 0 Å². The second kappa shape index (κ2) is 10.4. The van der Waals surface area contributed by atoms with Crippen molar-refractivity contribution in [1.82, 2.24) is 24.6 Å². The van der Waals surface area contributed by atoms with E-state index in [-0.39, 0.29) is 18.9 Å². The molecule has 182 valence electrons. The van der Waals surface area contributed by atoms with Gasteiger partial charge in [-0.1, -0.05) is 15.9 Å². The molecule has 0 aliphatic carbocycles. The molecule has 1 aliphatic heterocycles. The maximum absolute atomic E-state index is 13.5. The number of aromatic nitrogens is 4. The lowest BCUT2D eigenvalue weighted by molar-refractivity contribution is -0.142. The number of hydrogen-bond donors (Lipinski definition) is 2. The normalized spacial score (nSPS) is 20.7. The van der Waals surface area contributed by atoms with Gasteiger partial charge in [-0.15, -0.1) is 0 Å². The third-order valence-corrected chi connectivity index (χ3v) is 7.33. The fourth-order valence-corrected chi connectivity index (χ4v) is 5.25. The van der Waals surface area contributed by atoms with Crippen molar-refractivity contribution in [3.05, 3.63) is 41.4 Å². The number of nitrogens with zero attached hydrogens (tertiary/aromatic N) is 4. The van der Waals surface area contributed by atoms with Crippen molar-refractivity contribution < 1.29 is 27.9 Å². The number of ether oxygens (including phenoxy) is 2. The number of fused-ring (bicyclic) bond motifs is 1. The molecule has 3 heterocycles. The van der Waals surface area contributed by atoms with Crippen molar-refractivity contribution in [1.29, 1.82) is 0 Å². The van der Waals surface area contributed by atoms with Gasteiger partial charge in [0.2, 0.25) is 0 Å². The van der Waals surface area contributed by atoms with Crippen LogP contribution in [0.4, 0.5) is 5.82 Å². The molecule has 0 amide bonds. The Labute approximate surface area is 203 Å². The number of carbonyl (C=O) groups is 1. The van der Waals surface area contributed by atoms with E-state index in [2.05, 4.69) is 36.0 Å². The van der Waals surface area contributed by atoms with Crippen molar-refractivity contribution in [2.24, 2.45) is 0 Å². The predicted octanol–water partition coefficient (Wildman–Crippen LogP) is 3.20. The Bertz CT molecular complexity index is 1210. The van der Waals surface area contributed by atoms with Crippen LogP contribution in [0.5, 0.6) is 5.75 Å². The summed E-state index contributed by atoms with van der Waals surface area (Å²) in [6, 6.07) is 5.81. The SMILES string of the molecule is COC(=O)C(C)NP(=O)(OC[C@@H]1CC[C@H](n2cnc3c(N)ncnc32)O1)Oc1ccc(Br)cc1. The molecule has 14 heteroatoms. The van der Waals surface area contributed by atoms with Gasteiger partial charge < -0.3 is 19.7 Å². The summed E-state index contributed by atoms with van der Waals surface area (Å²) in [4.78, 5) is 24.3. The van der Waals surface area contributed by atoms with Crippen LogP contribution in [-0.4, -0.2) is 51.4 Å². The molecule has 0 spiro atoms. The maximum Gasteiger partial charge on any atom is 0.459 e. The van der Waals surface area contributed by atoms with E-state index < -0.39 is 19.8 Å². The number of carbonyl (C=O) groups excluding carboxylic acids is 1. The Kier molecular flexibility index (Phi) is 7.48. The quantitative estimate of drug-likeness (QED) is 0.296. The highest BCUT2D eigenvalue weighted by molar-refractivity contribution is 9.10. The number of methoxy groups -OCH3 is 1. The lowest BCUT2D eigenvalue weighted by atomic mass is 10.2. The molecule has 4 rings (SSSR count). The first-order chi connectivity index (χ1) is 16.3. The molecule has 3 N–H and O–H groups in total. The van der Waals surface area contributed by atoms with Crippen molar-refractivity contribution in [3.63, 3.8) is 0 Å². The molecule has 1 fully saturated rings. The molecule has 1 saturated heterocycles. The number of esters is 1. The van der Waals surface area contributed by atoms with Gasteiger partial charge in [0, 0.05) is 4.47 Å². The smallest absolute Gasteiger partial charge is 0.459 e. The topological polar surface area (TPSA) is 153 Å². The second-order valence-electron chi connectivity index (χ2n) is 7.59. The third-order valence-electron chi connectivity index (χ3n) is 5.16. The zero-order valence-electron chi connectivity index (χ0n) is 18.5. The molecule has 0 bridgehead atoms. The van der Waals surface area contributed by atoms with Crippen LogP contribution >= 0.6 is 23.7 Å². The molecule has 2 aromatic heterocycles. The Morgan fingerprint density at radius 2 is 2.09 bits per heavy atom. The van der Waals surface area contributed by atoms with Gasteiger partial charge in [0.05, 0.1) is 26.1 Å². The Morgan fingerprint density at radius 1 is 1.32 bits per heavy atom.